The molecule has 1 amide bonds. The summed E-state index contributed by atoms with van der Waals surface area (Å²) in [5, 5.41) is 10.5. The molecule has 2 aromatic carbocycles. The first-order valence-corrected chi connectivity index (χ1v) is 9.48. The summed E-state index contributed by atoms with van der Waals surface area (Å²) in [4.78, 5) is 19.7. The van der Waals surface area contributed by atoms with Crippen molar-refractivity contribution in [3.05, 3.63) is 71.4 Å². The van der Waals surface area contributed by atoms with Gasteiger partial charge in [-0.15, -0.1) is 0 Å². The van der Waals surface area contributed by atoms with E-state index in [1.807, 2.05) is 37.3 Å². The first kappa shape index (κ1) is 20.3. The summed E-state index contributed by atoms with van der Waals surface area (Å²) in [6.45, 7) is 1.90. The minimum Gasteiger partial charge on any atom is -0.366 e. The molecule has 0 unspecified atom stereocenters. The Morgan fingerprint density at radius 2 is 1.84 bits per heavy atom. The van der Waals surface area contributed by atoms with Crippen molar-refractivity contribution in [2.75, 3.05) is 5.32 Å². The van der Waals surface area contributed by atoms with Gasteiger partial charge in [-0.3, -0.25) is 27.1 Å². The van der Waals surface area contributed by atoms with Gasteiger partial charge in [-0.2, -0.15) is 5.10 Å². The number of aromatic nitrogens is 4. The number of primary amides is 1. The Morgan fingerprint density at radius 3 is 2.52 bits per heavy atom. The zero-order valence-electron chi connectivity index (χ0n) is 16.8. The highest BCUT2D eigenvalue weighted by atomic mass is 16.1. The molecule has 2 heterocycles. The van der Waals surface area contributed by atoms with Crippen molar-refractivity contribution in [3.63, 3.8) is 0 Å². The molecular weight excluding hydrogens is 394 g/mol. The molecule has 2 aromatic heterocycles. The molecule has 11 N–H and O–H groups in total. The van der Waals surface area contributed by atoms with E-state index in [1.54, 1.807) is 18.3 Å². The minimum atomic E-state index is -1.59. The third-order valence-corrected chi connectivity index (χ3v) is 4.94. The summed E-state index contributed by atoms with van der Waals surface area (Å²) >= 11 is 0. The van der Waals surface area contributed by atoms with Crippen molar-refractivity contribution in [2.45, 2.75) is 12.7 Å². The highest BCUT2D eigenvalue weighted by Crippen LogP contribution is 2.30. The van der Waals surface area contributed by atoms with Crippen molar-refractivity contribution >= 4 is 17.4 Å². The number of nitrogens with one attached hydrogen (secondary N) is 3. The van der Waals surface area contributed by atoms with Crippen LogP contribution in [0.4, 0.5) is 11.5 Å². The van der Waals surface area contributed by atoms with Gasteiger partial charge in [-0.05, 0) is 19.1 Å². The van der Waals surface area contributed by atoms with Crippen LogP contribution in [0.5, 0.6) is 0 Å². The fraction of sp³-hybridized carbons (Fsp3) is 0.0952. The van der Waals surface area contributed by atoms with Gasteiger partial charge in [0.25, 0.3) is 5.91 Å². The summed E-state index contributed by atoms with van der Waals surface area (Å²) < 4.78 is 0. The number of rotatable bonds is 6. The molecule has 0 fully saturated rings. The lowest BCUT2D eigenvalue weighted by Crippen LogP contribution is -2.54. The monoisotopic (exact) mass is 417 g/mol. The zero-order chi connectivity index (χ0) is 22.2. The first-order chi connectivity index (χ1) is 14.7. The van der Waals surface area contributed by atoms with Crippen LogP contribution in [-0.4, -0.2) is 26.1 Å². The smallest absolute Gasteiger partial charge is 0.250 e. The summed E-state index contributed by atoms with van der Waals surface area (Å²) in [5.41, 5.74) is 27.1. The fourth-order valence-corrected chi connectivity index (χ4v) is 3.23. The summed E-state index contributed by atoms with van der Waals surface area (Å²) in [5.74, 6) is -0.960. The molecular formula is C21H23N9O. The van der Waals surface area contributed by atoms with Crippen molar-refractivity contribution in [1.29, 1.82) is 0 Å². The van der Waals surface area contributed by atoms with E-state index in [-0.39, 0.29) is 5.56 Å². The number of nitrogens with two attached hydrogens (primary N) is 4. The van der Waals surface area contributed by atoms with Crippen LogP contribution in [0.2, 0.25) is 0 Å². The van der Waals surface area contributed by atoms with Gasteiger partial charge in [0.2, 0.25) is 0 Å². The molecule has 0 aliphatic carbocycles. The van der Waals surface area contributed by atoms with Crippen molar-refractivity contribution in [3.8, 4) is 22.8 Å². The molecule has 31 heavy (non-hydrogen) atoms. The van der Waals surface area contributed by atoms with Crippen LogP contribution in [0.25, 0.3) is 22.8 Å². The Balaban J connectivity index is 1.64. The van der Waals surface area contributed by atoms with E-state index in [0.29, 0.717) is 17.1 Å². The molecule has 0 aliphatic rings. The lowest BCUT2D eigenvalue weighted by Gasteiger charge is -2.20. The average molecular weight is 417 g/mol. The molecule has 0 spiro atoms. The van der Waals surface area contributed by atoms with E-state index < -0.39 is 11.7 Å². The largest absolute Gasteiger partial charge is 0.366 e. The molecule has 0 saturated heterocycles. The molecule has 0 saturated carbocycles. The van der Waals surface area contributed by atoms with Crippen molar-refractivity contribution in [1.82, 2.24) is 20.2 Å². The number of imidazole rings is 1. The topological polar surface area (TPSA) is 191 Å². The summed E-state index contributed by atoms with van der Waals surface area (Å²) in [7, 11) is 0. The number of hydrogen-bond donors (Lipinski definition) is 7. The lowest BCUT2D eigenvalue weighted by atomic mass is 10.0. The van der Waals surface area contributed by atoms with Gasteiger partial charge in [0.1, 0.15) is 11.6 Å². The zero-order valence-corrected chi connectivity index (χ0v) is 16.8. The van der Waals surface area contributed by atoms with Crippen LogP contribution >= 0.6 is 0 Å². The predicted octanol–water partition coefficient (Wildman–Crippen LogP) is 1.60. The minimum absolute atomic E-state index is 0.195. The van der Waals surface area contributed by atoms with Gasteiger partial charge in [0, 0.05) is 16.7 Å². The summed E-state index contributed by atoms with van der Waals surface area (Å²) in [6.07, 6.45) is 1.74. The molecule has 0 bridgehead atoms. The van der Waals surface area contributed by atoms with Crippen molar-refractivity contribution in [2.24, 2.45) is 22.9 Å². The fourth-order valence-electron chi connectivity index (χ4n) is 3.23. The Bertz CT molecular complexity index is 1240. The maximum atomic E-state index is 12.0. The number of aromatic amines is 2. The number of carbonyl (C=O) groups is 1. The number of carbonyl (C=O) groups excluding carboxylic acids is 1. The van der Waals surface area contributed by atoms with Gasteiger partial charge in [-0.25, -0.2) is 4.98 Å². The van der Waals surface area contributed by atoms with Gasteiger partial charge in [0.05, 0.1) is 28.8 Å². The maximum absolute atomic E-state index is 12.0. The standard InChI is InChI=1S/C21H23N9O/c1-11-17(16-10-26-20(28-16)12-5-3-2-4-6-12)29-30-19(11)27-15-8-7-13(21(23,24)25)9-14(15)18(22)31/h2-10H,23-25H2,1H3,(H2,22,31)(H,26,28)(H2,27,29,30). The third-order valence-electron chi connectivity index (χ3n) is 4.94. The van der Waals surface area contributed by atoms with E-state index in [9.17, 15) is 4.79 Å². The molecule has 10 heteroatoms. The number of hydrogen-bond acceptors (Lipinski definition) is 7. The first-order valence-electron chi connectivity index (χ1n) is 9.48. The Morgan fingerprint density at radius 1 is 1.10 bits per heavy atom. The van der Waals surface area contributed by atoms with E-state index in [1.165, 1.54) is 6.07 Å². The van der Waals surface area contributed by atoms with Gasteiger partial charge in [-0.1, -0.05) is 36.4 Å². The second-order valence-corrected chi connectivity index (χ2v) is 7.27. The highest BCUT2D eigenvalue weighted by Gasteiger charge is 2.20. The van der Waals surface area contributed by atoms with E-state index >= 15 is 0 Å². The number of anilines is 2. The van der Waals surface area contributed by atoms with Crippen molar-refractivity contribution < 1.29 is 4.79 Å². The Labute approximate surface area is 178 Å². The van der Waals surface area contributed by atoms with E-state index in [4.69, 9.17) is 22.9 Å². The van der Waals surface area contributed by atoms with Crippen LogP contribution in [0.15, 0.2) is 54.7 Å². The van der Waals surface area contributed by atoms with E-state index in [0.717, 1.165) is 28.3 Å². The molecule has 0 aliphatic heterocycles. The van der Waals surface area contributed by atoms with Crippen LogP contribution < -0.4 is 28.3 Å². The molecule has 4 rings (SSSR count). The van der Waals surface area contributed by atoms with Gasteiger partial charge >= 0.3 is 0 Å². The quantitative estimate of drug-likeness (QED) is 0.232. The number of amides is 1. The molecule has 10 nitrogen and oxygen atoms in total. The van der Waals surface area contributed by atoms with Crippen LogP contribution in [0, 0.1) is 6.92 Å². The van der Waals surface area contributed by atoms with Gasteiger partial charge < -0.3 is 16.0 Å². The number of nitrogens with zero attached hydrogens (tertiary/aromatic N) is 2. The van der Waals surface area contributed by atoms with E-state index in [2.05, 4.69) is 25.5 Å². The second-order valence-electron chi connectivity index (χ2n) is 7.27. The molecule has 158 valence electrons. The molecule has 4 aromatic rings. The van der Waals surface area contributed by atoms with Gasteiger partial charge in [0.15, 0.2) is 5.82 Å². The van der Waals surface area contributed by atoms with Crippen LogP contribution in [0.3, 0.4) is 0 Å². The number of benzene rings is 2. The average Bonchev–Trinajstić information content (AvgIpc) is 3.35. The number of H-pyrrole nitrogens is 2. The Kier molecular flexibility index (Phi) is 5.03. The normalized spacial score (nSPS) is 11.5. The SMILES string of the molecule is Cc1c(Nc2ccc(C(N)(N)N)cc2C(N)=O)n[nH]c1-c1cnc(-c2ccccc2)[nH]1. The maximum Gasteiger partial charge on any atom is 0.250 e. The predicted molar refractivity (Wildman–Crippen MR) is 119 cm³/mol. The van der Waals surface area contributed by atoms with Crippen LogP contribution in [-0.2, 0) is 5.79 Å². The third kappa shape index (κ3) is 4.03. The molecule has 0 radical (unpaired) electrons. The Hall–Kier alpha value is -3.99. The summed E-state index contributed by atoms with van der Waals surface area (Å²) in [6, 6.07) is 14.5. The van der Waals surface area contributed by atoms with Crippen LogP contribution in [0.1, 0.15) is 21.5 Å². The lowest BCUT2D eigenvalue weighted by molar-refractivity contribution is 0.100. The molecule has 0 atom stereocenters. The highest BCUT2D eigenvalue weighted by molar-refractivity contribution is 5.99. The second kappa shape index (κ2) is 7.69.